The molecule has 7 heteroatoms. The van der Waals surface area contributed by atoms with Gasteiger partial charge in [0, 0.05) is 38.5 Å². The van der Waals surface area contributed by atoms with E-state index in [4.69, 9.17) is 14.2 Å². The summed E-state index contributed by atoms with van der Waals surface area (Å²) >= 11 is 0. The fourth-order valence-electron chi connectivity index (χ4n) is 1.77. The minimum atomic E-state index is -0.481. The molecule has 1 N–H and O–H groups in total. The van der Waals surface area contributed by atoms with Crippen LogP contribution in [-0.4, -0.2) is 54.7 Å². The Labute approximate surface area is 132 Å². The highest BCUT2D eigenvalue weighted by Gasteiger charge is 2.15. The topological polar surface area (TPSA) is 74.6 Å². The number of carbonyl (C=O) groups is 1. The Morgan fingerprint density at radius 3 is 2.77 bits per heavy atom. The van der Waals surface area contributed by atoms with E-state index in [9.17, 15) is 4.79 Å². The molecule has 0 fully saturated rings. The van der Waals surface area contributed by atoms with Gasteiger partial charge in [0.1, 0.15) is 5.60 Å². The van der Waals surface area contributed by atoms with Crippen LogP contribution in [0.4, 0.5) is 4.79 Å². The summed E-state index contributed by atoms with van der Waals surface area (Å²) < 4.78 is 17.6. The minimum absolute atomic E-state index is 0.401. The molecule has 22 heavy (non-hydrogen) atoms. The van der Waals surface area contributed by atoms with E-state index in [0.717, 1.165) is 12.2 Å². The minimum Gasteiger partial charge on any atom is -0.444 e. The summed E-state index contributed by atoms with van der Waals surface area (Å²) in [6.45, 7) is 8.53. The fraction of sp³-hybridized carbons (Fsp3) is 0.733. The van der Waals surface area contributed by atoms with Crippen LogP contribution in [0.5, 0.6) is 0 Å². The molecule has 1 aromatic heterocycles. The highest BCUT2D eigenvalue weighted by atomic mass is 16.6. The largest absolute Gasteiger partial charge is 0.444 e. The summed E-state index contributed by atoms with van der Waals surface area (Å²) in [6.07, 6.45) is 3.85. The Bertz CT molecular complexity index is 440. The standard InChI is InChI=1S/C15H27N3O4/c1-15(2,3)22-14(19)17-6-5-13-11-16-12-18(13)7-8-21-10-9-20-4/h11-12H,5-10H2,1-4H3,(H,17,19). The Balaban J connectivity index is 2.26. The van der Waals surface area contributed by atoms with Gasteiger partial charge in [-0.3, -0.25) is 0 Å². The van der Waals surface area contributed by atoms with Gasteiger partial charge in [-0.2, -0.15) is 0 Å². The van der Waals surface area contributed by atoms with Gasteiger partial charge < -0.3 is 24.1 Å². The smallest absolute Gasteiger partial charge is 0.407 e. The molecule has 0 saturated carbocycles. The zero-order chi connectivity index (χ0) is 16.4. The van der Waals surface area contributed by atoms with Crippen molar-refractivity contribution in [2.75, 3.05) is 33.5 Å². The number of nitrogens with zero attached hydrogens (tertiary/aromatic N) is 2. The van der Waals surface area contributed by atoms with E-state index in [2.05, 4.69) is 10.3 Å². The summed E-state index contributed by atoms with van der Waals surface area (Å²) in [5, 5.41) is 2.74. The maximum absolute atomic E-state index is 11.6. The number of aromatic nitrogens is 2. The van der Waals surface area contributed by atoms with Gasteiger partial charge in [0.15, 0.2) is 0 Å². The first-order valence-corrected chi connectivity index (χ1v) is 7.45. The van der Waals surface area contributed by atoms with E-state index in [1.54, 1.807) is 19.6 Å². The zero-order valence-corrected chi connectivity index (χ0v) is 13.9. The van der Waals surface area contributed by atoms with E-state index in [-0.39, 0.29) is 0 Å². The van der Waals surface area contributed by atoms with Crippen molar-refractivity contribution in [3.63, 3.8) is 0 Å². The molecule has 0 bridgehead atoms. The van der Waals surface area contributed by atoms with Crippen LogP contribution in [0.15, 0.2) is 12.5 Å². The van der Waals surface area contributed by atoms with Gasteiger partial charge in [0.25, 0.3) is 0 Å². The average molecular weight is 313 g/mol. The molecule has 1 heterocycles. The van der Waals surface area contributed by atoms with E-state index in [1.807, 2.05) is 25.3 Å². The molecular weight excluding hydrogens is 286 g/mol. The lowest BCUT2D eigenvalue weighted by Gasteiger charge is -2.19. The maximum Gasteiger partial charge on any atom is 0.407 e. The van der Waals surface area contributed by atoms with Gasteiger partial charge >= 0.3 is 6.09 Å². The second-order valence-electron chi connectivity index (χ2n) is 5.86. The van der Waals surface area contributed by atoms with Gasteiger partial charge in [-0.1, -0.05) is 0 Å². The van der Waals surface area contributed by atoms with Crippen LogP contribution in [0.25, 0.3) is 0 Å². The molecule has 1 aromatic rings. The predicted octanol–water partition coefficient (Wildman–Crippen LogP) is 1.61. The molecule has 0 aromatic carbocycles. The summed E-state index contributed by atoms with van der Waals surface area (Å²) in [5.74, 6) is 0. The summed E-state index contributed by atoms with van der Waals surface area (Å²) in [6, 6.07) is 0. The number of methoxy groups -OCH3 is 1. The quantitative estimate of drug-likeness (QED) is 0.701. The third-order valence-corrected chi connectivity index (χ3v) is 2.76. The van der Waals surface area contributed by atoms with Crippen molar-refractivity contribution in [3.05, 3.63) is 18.2 Å². The molecule has 1 amide bonds. The number of hydrogen-bond donors (Lipinski definition) is 1. The van der Waals surface area contributed by atoms with Crippen molar-refractivity contribution >= 4 is 6.09 Å². The lowest BCUT2D eigenvalue weighted by atomic mass is 10.2. The van der Waals surface area contributed by atoms with Gasteiger partial charge in [-0.05, 0) is 20.8 Å². The summed E-state index contributed by atoms with van der Waals surface area (Å²) in [5.41, 5.74) is 0.567. The molecule has 1 rings (SSSR count). The fourth-order valence-corrected chi connectivity index (χ4v) is 1.77. The molecule has 0 saturated heterocycles. The first-order chi connectivity index (χ1) is 10.4. The molecule has 0 radical (unpaired) electrons. The number of nitrogens with one attached hydrogen (secondary N) is 1. The van der Waals surface area contributed by atoms with Crippen molar-refractivity contribution < 1.29 is 19.0 Å². The van der Waals surface area contributed by atoms with Crippen LogP contribution in [0.3, 0.4) is 0 Å². The molecule has 0 atom stereocenters. The number of alkyl carbamates (subject to hydrolysis) is 1. The van der Waals surface area contributed by atoms with Gasteiger partial charge in [-0.25, -0.2) is 9.78 Å². The third-order valence-electron chi connectivity index (χ3n) is 2.76. The van der Waals surface area contributed by atoms with Crippen molar-refractivity contribution in [3.8, 4) is 0 Å². The summed E-state index contributed by atoms with van der Waals surface area (Å²) in [4.78, 5) is 15.7. The van der Waals surface area contributed by atoms with Gasteiger partial charge in [0.2, 0.25) is 0 Å². The first-order valence-electron chi connectivity index (χ1n) is 7.45. The predicted molar refractivity (Wildman–Crippen MR) is 82.9 cm³/mol. The molecule has 7 nitrogen and oxygen atoms in total. The SMILES string of the molecule is COCCOCCn1cncc1CCNC(=O)OC(C)(C)C. The van der Waals surface area contributed by atoms with Crippen LogP contribution in [0.2, 0.25) is 0 Å². The normalized spacial score (nSPS) is 11.5. The molecule has 0 unspecified atom stereocenters. The van der Waals surface area contributed by atoms with Crippen LogP contribution < -0.4 is 5.32 Å². The van der Waals surface area contributed by atoms with Crippen LogP contribution >= 0.6 is 0 Å². The van der Waals surface area contributed by atoms with Crippen molar-refractivity contribution in [2.45, 2.75) is 39.3 Å². The van der Waals surface area contributed by atoms with Crippen LogP contribution in [-0.2, 0) is 27.2 Å². The Morgan fingerprint density at radius 1 is 1.32 bits per heavy atom. The van der Waals surface area contributed by atoms with E-state index < -0.39 is 11.7 Å². The Morgan fingerprint density at radius 2 is 2.09 bits per heavy atom. The Hall–Kier alpha value is -1.60. The molecule has 0 aliphatic carbocycles. The summed E-state index contributed by atoms with van der Waals surface area (Å²) in [7, 11) is 1.65. The van der Waals surface area contributed by atoms with E-state index >= 15 is 0 Å². The third kappa shape index (κ3) is 7.99. The van der Waals surface area contributed by atoms with Crippen molar-refractivity contribution in [1.29, 1.82) is 0 Å². The maximum atomic E-state index is 11.6. The number of rotatable bonds is 9. The van der Waals surface area contributed by atoms with Gasteiger partial charge in [-0.15, -0.1) is 0 Å². The zero-order valence-electron chi connectivity index (χ0n) is 13.9. The second-order valence-corrected chi connectivity index (χ2v) is 5.86. The van der Waals surface area contributed by atoms with Gasteiger partial charge in [0.05, 0.1) is 26.1 Å². The van der Waals surface area contributed by atoms with E-state index in [0.29, 0.717) is 32.8 Å². The van der Waals surface area contributed by atoms with E-state index in [1.165, 1.54) is 0 Å². The first kappa shape index (κ1) is 18.4. The number of amides is 1. The number of hydrogen-bond acceptors (Lipinski definition) is 5. The number of carbonyl (C=O) groups excluding carboxylic acids is 1. The second kappa shape index (κ2) is 9.42. The number of ether oxygens (including phenoxy) is 3. The lowest BCUT2D eigenvalue weighted by Crippen LogP contribution is -2.33. The molecule has 0 spiro atoms. The number of imidazole rings is 1. The van der Waals surface area contributed by atoms with Crippen LogP contribution in [0.1, 0.15) is 26.5 Å². The lowest BCUT2D eigenvalue weighted by molar-refractivity contribution is 0.0528. The van der Waals surface area contributed by atoms with Crippen molar-refractivity contribution in [2.24, 2.45) is 0 Å². The van der Waals surface area contributed by atoms with Crippen molar-refractivity contribution in [1.82, 2.24) is 14.9 Å². The Kier molecular flexibility index (Phi) is 7.90. The van der Waals surface area contributed by atoms with Crippen LogP contribution in [0, 0.1) is 0 Å². The average Bonchev–Trinajstić information content (AvgIpc) is 2.84. The highest BCUT2D eigenvalue weighted by Crippen LogP contribution is 2.06. The molecule has 0 aliphatic rings. The molecule has 0 aliphatic heterocycles. The highest BCUT2D eigenvalue weighted by molar-refractivity contribution is 5.67. The molecule has 126 valence electrons. The molecular formula is C15H27N3O4. The monoisotopic (exact) mass is 313 g/mol.